The van der Waals surface area contributed by atoms with Crippen LogP contribution in [0.25, 0.3) is 0 Å². The number of nitrogens with zero attached hydrogens (tertiary/aromatic N) is 1. The first kappa shape index (κ1) is 12.2. The maximum Gasteiger partial charge on any atom is 0.123 e. The lowest BCUT2D eigenvalue weighted by Crippen LogP contribution is -2.23. The van der Waals surface area contributed by atoms with Crippen LogP contribution in [-0.2, 0) is 0 Å². The van der Waals surface area contributed by atoms with Crippen molar-refractivity contribution in [2.75, 3.05) is 6.54 Å². The molecule has 1 unspecified atom stereocenters. The topological polar surface area (TPSA) is 24.9 Å². The first-order valence-electron chi connectivity index (χ1n) is 5.69. The molecule has 0 saturated carbocycles. The van der Waals surface area contributed by atoms with E-state index in [1.54, 1.807) is 29.7 Å². The summed E-state index contributed by atoms with van der Waals surface area (Å²) in [6.07, 6.45) is 2.82. The zero-order valence-electron chi connectivity index (χ0n) is 9.69. The van der Waals surface area contributed by atoms with Crippen LogP contribution in [0.3, 0.4) is 0 Å². The van der Waals surface area contributed by atoms with Gasteiger partial charge in [-0.15, -0.1) is 11.3 Å². The Morgan fingerprint density at radius 3 is 3.00 bits per heavy atom. The number of halogens is 1. The Kier molecular flexibility index (Phi) is 4.23. The number of rotatable bonds is 5. The van der Waals surface area contributed by atoms with Gasteiger partial charge in [-0.05, 0) is 30.7 Å². The molecule has 90 valence electrons. The molecule has 1 aromatic heterocycles. The average Bonchev–Trinajstić information content (AvgIpc) is 2.83. The number of hydrogen-bond acceptors (Lipinski definition) is 3. The van der Waals surface area contributed by atoms with E-state index in [0.717, 1.165) is 23.5 Å². The van der Waals surface area contributed by atoms with Gasteiger partial charge in [0.15, 0.2) is 0 Å². The van der Waals surface area contributed by atoms with Crippen molar-refractivity contribution in [2.24, 2.45) is 0 Å². The van der Waals surface area contributed by atoms with Crippen molar-refractivity contribution >= 4 is 11.3 Å². The molecule has 1 N–H and O–H groups in total. The van der Waals surface area contributed by atoms with E-state index >= 15 is 0 Å². The highest BCUT2D eigenvalue weighted by molar-refractivity contribution is 7.09. The van der Waals surface area contributed by atoms with E-state index in [4.69, 9.17) is 0 Å². The van der Waals surface area contributed by atoms with Crippen LogP contribution < -0.4 is 5.32 Å². The van der Waals surface area contributed by atoms with E-state index in [9.17, 15) is 4.39 Å². The molecule has 2 rings (SSSR count). The standard InChI is InChI=1S/C13H15FN2S/c1-2-6-15-12(13-16-7-8-17-13)10-4-3-5-11(14)9-10/h3-5,7-9,12,15H,2,6H2,1H3. The van der Waals surface area contributed by atoms with Crippen LogP contribution in [0.1, 0.15) is 30.0 Å². The van der Waals surface area contributed by atoms with Gasteiger partial charge in [-0.2, -0.15) is 0 Å². The van der Waals surface area contributed by atoms with Crippen molar-refractivity contribution in [1.82, 2.24) is 10.3 Å². The van der Waals surface area contributed by atoms with E-state index in [-0.39, 0.29) is 11.9 Å². The van der Waals surface area contributed by atoms with Gasteiger partial charge in [-0.1, -0.05) is 19.1 Å². The van der Waals surface area contributed by atoms with Crippen LogP contribution >= 0.6 is 11.3 Å². The number of nitrogens with one attached hydrogen (secondary N) is 1. The van der Waals surface area contributed by atoms with Gasteiger partial charge < -0.3 is 5.32 Å². The average molecular weight is 250 g/mol. The smallest absolute Gasteiger partial charge is 0.123 e. The van der Waals surface area contributed by atoms with Crippen molar-refractivity contribution in [3.63, 3.8) is 0 Å². The highest BCUT2D eigenvalue weighted by Crippen LogP contribution is 2.24. The Bertz CT molecular complexity index is 456. The molecule has 4 heteroatoms. The third kappa shape index (κ3) is 3.11. The molecule has 0 aliphatic heterocycles. The predicted molar refractivity (Wildman–Crippen MR) is 68.7 cm³/mol. The Morgan fingerprint density at radius 1 is 1.47 bits per heavy atom. The van der Waals surface area contributed by atoms with Gasteiger partial charge in [0, 0.05) is 11.6 Å². The fourth-order valence-corrected chi connectivity index (χ4v) is 2.44. The van der Waals surface area contributed by atoms with Gasteiger partial charge in [0.25, 0.3) is 0 Å². The van der Waals surface area contributed by atoms with Crippen LogP contribution in [-0.4, -0.2) is 11.5 Å². The second kappa shape index (κ2) is 5.89. The molecule has 1 atom stereocenters. The minimum atomic E-state index is -0.206. The lowest BCUT2D eigenvalue weighted by Gasteiger charge is -2.16. The number of benzene rings is 1. The van der Waals surface area contributed by atoms with Gasteiger partial charge in [-0.25, -0.2) is 9.37 Å². The summed E-state index contributed by atoms with van der Waals surface area (Å²) in [6, 6.07) is 6.68. The van der Waals surface area contributed by atoms with Gasteiger partial charge in [-0.3, -0.25) is 0 Å². The Labute approximate surface area is 105 Å². The third-order valence-electron chi connectivity index (χ3n) is 2.48. The van der Waals surface area contributed by atoms with Crippen molar-refractivity contribution in [3.05, 3.63) is 52.2 Å². The zero-order valence-corrected chi connectivity index (χ0v) is 10.5. The van der Waals surface area contributed by atoms with E-state index in [1.165, 1.54) is 6.07 Å². The molecule has 0 fully saturated rings. The van der Waals surface area contributed by atoms with Crippen molar-refractivity contribution in [3.8, 4) is 0 Å². The third-order valence-corrected chi connectivity index (χ3v) is 3.32. The highest BCUT2D eigenvalue weighted by atomic mass is 32.1. The molecule has 17 heavy (non-hydrogen) atoms. The van der Waals surface area contributed by atoms with Gasteiger partial charge in [0.2, 0.25) is 0 Å². The van der Waals surface area contributed by atoms with E-state index in [2.05, 4.69) is 17.2 Å². The summed E-state index contributed by atoms with van der Waals surface area (Å²) in [5, 5.41) is 6.31. The lowest BCUT2D eigenvalue weighted by atomic mass is 10.1. The quantitative estimate of drug-likeness (QED) is 0.880. The minimum absolute atomic E-state index is 0.00866. The first-order valence-corrected chi connectivity index (χ1v) is 6.57. The van der Waals surface area contributed by atoms with Crippen LogP contribution in [0.2, 0.25) is 0 Å². The lowest BCUT2D eigenvalue weighted by molar-refractivity contribution is 0.583. The van der Waals surface area contributed by atoms with Gasteiger partial charge in [0.1, 0.15) is 10.8 Å². The predicted octanol–water partition coefficient (Wildman–Crippen LogP) is 3.37. The normalized spacial score (nSPS) is 12.6. The van der Waals surface area contributed by atoms with E-state index in [1.807, 2.05) is 11.4 Å². The molecule has 2 nitrogen and oxygen atoms in total. The fourth-order valence-electron chi connectivity index (χ4n) is 1.70. The number of thiazole rings is 1. The van der Waals surface area contributed by atoms with E-state index in [0.29, 0.717) is 0 Å². The molecular weight excluding hydrogens is 235 g/mol. The zero-order chi connectivity index (χ0) is 12.1. The Balaban J connectivity index is 2.27. The molecule has 1 aromatic carbocycles. The van der Waals surface area contributed by atoms with Crippen LogP contribution in [0.5, 0.6) is 0 Å². The summed E-state index contributed by atoms with van der Waals surface area (Å²) in [4.78, 5) is 4.31. The van der Waals surface area contributed by atoms with Gasteiger partial charge in [0.05, 0.1) is 6.04 Å². The largest absolute Gasteiger partial charge is 0.304 e. The molecule has 0 spiro atoms. The van der Waals surface area contributed by atoms with Crippen molar-refractivity contribution in [1.29, 1.82) is 0 Å². The second-order valence-corrected chi connectivity index (χ2v) is 4.74. The summed E-state index contributed by atoms with van der Waals surface area (Å²) < 4.78 is 13.2. The summed E-state index contributed by atoms with van der Waals surface area (Å²) >= 11 is 1.59. The first-order chi connectivity index (χ1) is 8.31. The summed E-state index contributed by atoms with van der Waals surface area (Å²) in [5.41, 5.74) is 0.924. The highest BCUT2D eigenvalue weighted by Gasteiger charge is 2.15. The summed E-state index contributed by atoms with van der Waals surface area (Å²) in [7, 11) is 0. The summed E-state index contributed by atoms with van der Waals surface area (Å²) in [5.74, 6) is -0.206. The SMILES string of the molecule is CCCNC(c1cccc(F)c1)c1nccs1. The molecule has 2 aromatic rings. The van der Waals surface area contributed by atoms with Gasteiger partial charge >= 0.3 is 0 Å². The van der Waals surface area contributed by atoms with E-state index < -0.39 is 0 Å². The molecular formula is C13H15FN2S. The fraction of sp³-hybridized carbons (Fsp3) is 0.308. The number of aromatic nitrogens is 1. The van der Waals surface area contributed by atoms with Crippen molar-refractivity contribution in [2.45, 2.75) is 19.4 Å². The molecule has 0 bridgehead atoms. The maximum atomic E-state index is 13.2. The Hall–Kier alpha value is -1.26. The maximum absolute atomic E-state index is 13.2. The van der Waals surface area contributed by atoms with Crippen molar-refractivity contribution < 1.29 is 4.39 Å². The second-order valence-electron chi connectivity index (χ2n) is 3.81. The number of hydrogen-bond donors (Lipinski definition) is 1. The Morgan fingerprint density at radius 2 is 2.35 bits per heavy atom. The van der Waals surface area contributed by atoms with Crippen LogP contribution in [0, 0.1) is 5.82 Å². The minimum Gasteiger partial charge on any atom is -0.304 e. The molecule has 0 amide bonds. The monoisotopic (exact) mass is 250 g/mol. The van der Waals surface area contributed by atoms with Crippen LogP contribution in [0.4, 0.5) is 4.39 Å². The molecule has 0 saturated heterocycles. The molecule has 1 heterocycles. The van der Waals surface area contributed by atoms with Crippen LogP contribution in [0.15, 0.2) is 35.8 Å². The summed E-state index contributed by atoms with van der Waals surface area (Å²) in [6.45, 7) is 3.00. The molecule has 0 aliphatic rings. The molecule has 0 radical (unpaired) electrons. The molecule has 0 aliphatic carbocycles.